The van der Waals surface area contributed by atoms with E-state index in [1.807, 2.05) is 6.07 Å². The fourth-order valence-electron chi connectivity index (χ4n) is 0.533. The summed E-state index contributed by atoms with van der Waals surface area (Å²) in [7, 11) is 1.69. The Bertz CT molecular complexity index is 259. The minimum absolute atomic E-state index is 0. The third kappa shape index (κ3) is 0.722. The molecule has 0 aromatic carbocycles. The number of nitrogens with two attached hydrogens (primary N) is 1. The van der Waals surface area contributed by atoms with Crippen molar-refractivity contribution < 1.29 is 1.43 Å². The molecule has 1 aromatic heterocycles. The lowest BCUT2D eigenvalue weighted by Crippen LogP contribution is -1.97. The minimum atomic E-state index is 0. The van der Waals surface area contributed by atoms with Crippen molar-refractivity contribution in [1.82, 2.24) is 9.78 Å². The molecule has 0 saturated carbocycles. The summed E-state index contributed by atoms with van der Waals surface area (Å²) < 4.78 is 1.46. The van der Waals surface area contributed by atoms with Gasteiger partial charge in [-0.2, -0.15) is 10.4 Å². The summed E-state index contributed by atoms with van der Waals surface area (Å²) in [5, 5.41) is 12.1. The molecule has 4 nitrogen and oxygen atoms in total. The number of hydrogen-bond donors (Lipinski definition) is 1. The van der Waals surface area contributed by atoms with E-state index in [9.17, 15) is 0 Å². The Labute approximate surface area is 54.0 Å². The Hall–Kier alpha value is -1.50. The average Bonchev–Trinajstić information content (AvgIpc) is 2.15. The van der Waals surface area contributed by atoms with E-state index in [1.165, 1.54) is 10.9 Å². The highest BCUT2D eigenvalue weighted by molar-refractivity contribution is 5.46. The van der Waals surface area contributed by atoms with Crippen LogP contribution in [0.15, 0.2) is 6.20 Å². The molecule has 4 heteroatoms. The standard InChI is InChI=1S/C5H6N4.H2/c1-9-5(7)4(2-6)3-8-9;/h3H,7H2,1H3;1H. The number of nitrogen functional groups attached to an aromatic ring is 1. The van der Waals surface area contributed by atoms with Crippen molar-refractivity contribution in [3.63, 3.8) is 0 Å². The SMILES string of the molecule is Cn1ncc(C#N)c1N.[HH]. The van der Waals surface area contributed by atoms with Crippen LogP contribution in [0.25, 0.3) is 0 Å². The summed E-state index contributed by atoms with van der Waals surface area (Å²) in [6.45, 7) is 0. The maximum atomic E-state index is 8.35. The van der Waals surface area contributed by atoms with E-state index in [0.29, 0.717) is 11.4 Å². The third-order valence-electron chi connectivity index (χ3n) is 1.11. The van der Waals surface area contributed by atoms with E-state index >= 15 is 0 Å². The predicted molar refractivity (Wildman–Crippen MR) is 34.4 cm³/mol. The van der Waals surface area contributed by atoms with Gasteiger partial charge in [0.15, 0.2) is 0 Å². The molecular weight excluding hydrogens is 116 g/mol. The first kappa shape index (κ1) is 5.63. The molecule has 0 spiro atoms. The van der Waals surface area contributed by atoms with E-state index < -0.39 is 0 Å². The van der Waals surface area contributed by atoms with E-state index in [4.69, 9.17) is 11.0 Å². The van der Waals surface area contributed by atoms with Crippen LogP contribution in [0.4, 0.5) is 5.82 Å². The lowest BCUT2D eigenvalue weighted by Gasteiger charge is -1.89. The van der Waals surface area contributed by atoms with Crippen LogP contribution in [0, 0.1) is 11.3 Å². The minimum Gasteiger partial charge on any atom is -0.383 e. The molecule has 0 aliphatic carbocycles. The Kier molecular flexibility index (Phi) is 1.12. The summed E-state index contributed by atoms with van der Waals surface area (Å²) in [6, 6.07) is 1.91. The van der Waals surface area contributed by atoms with Crippen molar-refractivity contribution in [2.24, 2.45) is 7.05 Å². The third-order valence-corrected chi connectivity index (χ3v) is 1.11. The van der Waals surface area contributed by atoms with Gasteiger partial charge in [-0.15, -0.1) is 0 Å². The monoisotopic (exact) mass is 124 g/mol. The van der Waals surface area contributed by atoms with Crippen molar-refractivity contribution in [2.45, 2.75) is 0 Å². The van der Waals surface area contributed by atoms with Gasteiger partial charge < -0.3 is 5.73 Å². The zero-order valence-corrected chi connectivity index (χ0v) is 5.00. The molecule has 0 unspecified atom stereocenters. The molecule has 1 heterocycles. The highest BCUT2D eigenvalue weighted by Crippen LogP contribution is 2.05. The fourth-order valence-corrected chi connectivity index (χ4v) is 0.533. The Morgan fingerprint density at radius 3 is 2.89 bits per heavy atom. The lowest BCUT2D eigenvalue weighted by atomic mass is 10.4. The topological polar surface area (TPSA) is 67.6 Å². The molecular formula is C5H8N4. The first-order valence-corrected chi connectivity index (χ1v) is 2.43. The molecule has 0 saturated heterocycles. The number of aromatic nitrogens is 2. The molecule has 0 aliphatic rings. The van der Waals surface area contributed by atoms with Gasteiger partial charge in [0.25, 0.3) is 0 Å². The Balaban J connectivity index is 0.000000810. The van der Waals surface area contributed by atoms with Crippen molar-refractivity contribution in [3.8, 4) is 6.07 Å². The van der Waals surface area contributed by atoms with Crippen LogP contribution in [-0.4, -0.2) is 9.78 Å². The second-order valence-electron chi connectivity index (χ2n) is 1.68. The number of anilines is 1. The van der Waals surface area contributed by atoms with Gasteiger partial charge in [-0.1, -0.05) is 0 Å². The molecule has 2 N–H and O–H groups in total. The first-order chi connectivity index (χ1) is 4.25. The molecule has 0 amide bonds. The van der Waals surface area contributed by atoms with Crippen LogP contribution >= 0.6 is 0 Å². The Morgan fingerprint density at radius 1 is 2.00 bits per heavy atom. The lowest BCUT2D eigenvalue weighted by molar-refractivity contribution is 0.779. The average molecular weight is 124 g/mol. The highest BCUT2D eigenvalue weighted by atomic mass is 15.3. The molecule has 0 fully saturated rings. The van der Waals surface area contributed by atoms with E-state index in [1.54, 1.807) is 7.05 Å². The molecule has 1 rings (SSSR count). The molecule has 0 radical (unpaired) electrons. The zero-order valence-electron chi connectivity index (χ0n) is 5.00. The summed E-state index contributed by atoms with van der Waals surface area (Å²) in [5.74, 6) is 0.414. The van der Waals surface area contributed by atoms with Crippen molar-refractivity contribution >= 4 is 5.82 Å². The maximum absolute atomic E-state index is 8.35. The number of hydrogen-bond acceptors (Lipinski definition) is 3. The number of rotatable bonds is 0. The predicted octanol–water partition coefficient (Wildman–Crippen LogP) is 0.120. The largest absolute Gasteiger partial charge is 0.383 e. The maximum Gasteiger partial charge on any atom is 0.139 e. The van der Waals surface area contributed by atoms with Crippen LogP contribution < -0.4 is 5.73 Å². The normalized spacial score (nSPS) is 8.89. The van der Waals surface area contributed by atoms with Gasteiger partial charge in [-0.3, -0.25) is 4.68 Å². The van der Waals surface area contributed by atoms with Crippen LogP contribution in [0.1, 0.15) is 6.99 Å². The first-order valence-electron chi connectivity index (χ1n) is 2.43. The van der Waals surface area contributed by atoms with Gasteiger partial charge in [0.1, 0.15) is 17.5 Å². The zero-order chi connectivity index (χ0) is 6.85. The Morgan fingerprint density at radius 2 is 2.67 bits per heavy atom. The second-order valence-corrected chi connectivity index (χ2v) is 1.68. The molecule has 0 bridgehead atoms. The van der Waals surface area contributed by atoms with E-state index in [0.717, 1.165) is 0 Å². The molecule has 48 valence electrons. The summed E-state index contributed by atoms with van der Waals surface area (Å²) in [4.78, 5) is 0. The van der Waals surface area contributed by atoms with Crippen LogP contribution in [0.5, 0.6) is 0 Å². The van der Waals surface area contributed by atoms with Crippen LogP contribution in [0.2, 0.25) is 0 Å². The molecule has 9 heavy (non-hydrogen) atoms. The van der Waals surface area contributed by atoms with Crippen molar-refractivity contribution in [3.05, 3.63) is 11.8 Å². The quantitative estimate of drug-likeness (QED) is 0.534. The fraction of sp³-hybridized carbons (Fsp3) is 0.200. The summed E-state index contributed by atoms with van der Waals surface area (Å²) in [5.41, 5.74) is 5.82. The van der Waals surface area contributed by atoms with E-state index in [-0.39, 0.29) is 1.43 Å². The molecule has 0 aliphatic heterocycles. The van der Waals surface area contributed by atoms with Gasteiger partial charge in [-0.25, -0.2) is 0 Å². The van der Waals surface area contributed by atoms with E-state index in [2.05, 4.69) is 5.10 Å². The highest BCUT2D eigenvalue weighted by Gasteiger charge is 2.00. The van der Waals surface area contributed by atoms with Crippen LogP contribution in [0.3, 0.4) is 0 Å². The number of aryl methyl sites for hydroxylation is 1. The smallest absolute Gasteiger partial charge is 0.139 e. The van der Waals surface area contributed by atoms with Gasteiger partial charge in [0.05, 0.1) is 6.20 Å². The van der Waals surface area contributed by atoms with Gasteiger partial charge >= 0.3 is 0 Å². The molecule has 0 atom stereocenters. The van der Waals surface area contributed by atoms with Crippen molar-refractivity contribution in [1.29, 1.82) is 5.26 Å². The number of nitriles is 1. The van der Waals surface area contributed by atoms with Gasteiger partial charge in [0.2, 0.25) is 0 Å². The molecule has 1 aromatic rings. The number of nitrogens with zero attached hydrogens (tertiary/aromatic N) is 3. The van der Waals surface area contributed by atoms with Crippen LogP contribution in [-0.2, 0) is 7.05 Å². The summed E-state index contributed by atoms with van der Waals surface area (Å²) in [6.07, 6.45) is 1.44. The van der Waals surface area contributed by atoms with Gasteiger partial charge in [-0.05, 0) is 0 Å². The second kappa shape index (κ2) is 1.78. The van der Waals surface area contributed by atoms with Crippen molar-refractivity contribution in [2.75, 3.05) is 5.73 Å². The summed E-state index contributed by atoms with van der Waals surface area (Å²) >= 11 is 0. The van der Waals surface area contributed by atoms with Gasteiger partial charge in [0, 0.05) is 8.47 Å².